The van der Waals surface area contributed by atoms with Gasteiger partial charge < -0.3 is 10.2 Å². The topological polar surface area (TPSA) is 45.2 Å². The number of carbonyl (C=O) groups is 1. The Morgan fingerprint density at radius 3 is 2.81 bits per heavy atom. The van der Waals surface area contributed by atoms with Gasteiger partial charge in [-0.2, -0.15) is 0 Å². The highest BCUT2D eigenvalue weighted by Gasteiger charge is 2.23. The maximum absolute atomic E-state index is 13.9. The standard InChI is InChI=1S/C22H22FN3O/c23-19-8-4-7-17-9-10-20(25-21(17)19)22(27)24-12-14-26-13-11-18(15-26)16-5-2-1-3-6-16/h1-10,18H,11-15H2,(H,24,27). The summed E-state index contributed by atoms with van der Waals surface area (Å²) in [6.07, 6.45) is 1.14. The van der Waals surface area contributed by atoms with Gasteiger partial charge in [0, 0.05) is 25.0 Å². The second-order valence-electron chi connectivity index (χ2n) is 6.96. The molecule has 27 heavy (non-hydrogen) atoms. The Labute approximate surface area is 158 Å². The average Bonchev–Trinajstić information content (AvgIpc) is 3.18. The van der Waals surface area contributed by atoms with E-state index in [1.54, 1.807) is 24.3 Å². The Bertz CT molecular complexity index is 945. The summed E-state index contributed by atoms with van der Waals surface area (Å²) < 4.78 is 13.9. The molecule has 0 spiro atoms. The van der Waals surface area contributed by atoms with Gasteiger partial charge in [0.05, 0.1) is 0 Å². The maximum atomic E-state index is 13.9. The fourth-order valence-corrected chi connectivity index (χ4v) is 3.69. The van der Waals surface area contributed by atoms with Crippen LogP contribution in [0.15, 0.2) is 60.7 Å². The molecule has 1 aliphatic rings. The Balaban J connectivity index is 1.31. The molecule has 0 bridgehead atoms. The van der Waals surface area contributed by atoms with E-state index in [2.05, 4.69) is 39.5 Å². The first-order valence-corrected chi connectivity index (χ1v) is 9.31. The number of likely N-dealkylation sites (tertiary alicyclic amines) is 1. The van der Waals surface area contributed by atoms with Crippen LogP contribution in [0.2, 0.25) is 0 Å². The van der Waals surface area contributed by atoms with Crippen molar-refractivity contribution in [2.24, 2.45) is 0 Å². The second-order valence-corrected chi connectivity index (χ2v) is 6.96. The molecule has 1 aliphatic heterocycles. The molecule has 4 nitrogen and oxygen atoms in total. The third-order valence-corrected chi connectivity index (χ3v) is 5.16. The molecule has 4 rings (SSSR count). The van der Waals surface area contributed by atoms with Crippen molar-refractivity contribution in [2.45, 2.75) is 12.3 Å². The van der Waals surface area contributed by atoms with Crippen LogP contribution in [0.5, 0.6) is 0 Å². The number of hydrogen-bond donors (Lipinski definition) is 1. The number of halogens is 1. The van der Waals surface area contributed by atoms with Crippen LogP contribution >= 0.6 is 0 Å². The van der Waals surface area contributed by atoms with E-state index in [1.807, 2.05) is 6.07 Å². The maximum Gasteiger partial charge on any atom is 0.269 e. The monoisotopic (exact) mass is 363 g/mol. The Morgan fingerprint density at radius 1 is 1.11 bits per heavy atom. The van der Waals surface area contributed by atoms with E-state index in [0.29, 0.717) is 17.8 Å². The number of para-hydroxylation sites is 1. The molecule has 1 N–H and O–H groups in total. The number of hydrogen-bond acceptors (Lipinski definition) is 3. The molecule has 0 aliphatic carbocycles. The van der Waals surface area contributed by atoms with Gasteiger partial charge in [0.15, 0.2) is 0 Å². The fourth-order valence-electron chi connectivity index (χ4n) is 3.69. The number of aromatic nitrogens is 1. The molecule has 2 heterocycles. The van der Waals surface area contributed by atoms with Crippen LogP contribution in [0.3, 0.4) is 0 Å². The highest BCUT2D eigenvalue weighted by Crippen LogP contribution is 2.26. The normalized spacial score (nSPS) is 17.3. The average molecular weight is 363 g/mol. The number of fused-ring (bicyclic) bond motifs is 1. The van der Waals surface area contributed by atoms with Gasteiger partial charge in [-0.3, -0.25) is 4.79 Å². The predicted molar refractivity (Wildman–Crippen MR) is 104 cm³/mol. The minimum Gasteiger partial charge on any atom is -0.349 e. The first kappa shape index (κ1) is 17.6. The first-order valence-electron chi connectivity index (χ1n) is 9.31. The molecule has 1 unspecified atom stereocenters. The number of pyridine rings is 1. The van der Waals surface area contributed by atoms with Gasteiger partial charge in [0.1, 0.15) is 17.0 Å². The van der Waals surface area contributed by atoms with E-state index in [9.17, 15) is 9.18 Å². The van der Waals surface area contributed by atoms with Gasteiger partial charge in [0.25, 0.3) is 5.91 Å². The minimum atomic E-state index is -0.411. The van der Waals surface area contributed by atoms with E-state index in [0.717, 1.165) is 26.1 Å². The lowest BCUT2D eigenvalue weighted by Gasteiger charge is -2.16. The van der Waals surface area contributed by atoms with Gasteiger partial charge in [-0.05, 0) is 36.6 Å². The quantitative estimate of drug-likeness (QED) is 0.753. The lowest BCUT2D eigenvalue weighted by atomic mass is 9.99. The molecule has 1 fully saturated rings. The van der Waals surface area contributed by atoms with Crippen LogP contribution in [-0.4, -0.2) is 42.0 Å². The summed E-state index contributed by atoms with van der Waals surface area (Å²) in [5.41, 5.74) is 1.86. The van der Waals surface area contributed by atoms with Crippen molar-refractivity contribution in [2.75, 3.05) is 26.2 Å². The molecular formula is C22H22FN3O. The summed E-state index contributed by atoms with van der Waals surface area (Å²) in [5.74, 6) is -0.114. The van der Waals surface area contributed by atoms with Gasteiger partial charge in [-0.25, -0.2) is 9.37 Å². The molecule has 1 saturated heterocycles. The summed E-state index contributed by atoms with van der Waals surface area (Å²) in [4.78, 5) is 18.9. The van der Waals surface area contributed by atoms with Gasteiger partial charge in [-0.1, -0.05) is 48.5 Å². The third-order valence-electron chi connectivity index (χ3n) is 5.16. The van der Waals surface area contributed by atoms with Crippen LogP contribution in [0, 0.1) is 5.82 Å². The fraction of sp³-hybridized carbons (Fsp3) is 0.273. The Hall–Kier alpha value is -2.79. The summed E-state index contributed by atoms with van der Waals surface area (Å²) in [5, 5.41) is 3.59. The lowest BCUT2D eigenvalue weighted by Crippen LogP contribution is -2.34. The summed E-state index contributed by atoms with van der Waals surface area (Å²) in [7, 11) is 0. The second kappa shape index (κ2) is 7.84. The molecule has 0 saturated carbocycles. The number of nitrogens with zero attached hydrogens (tertiary/aromatic N) is 2. The van der Waals surface area contributed by atoms with Gasteiger partial charge in [-0.15, -0.1) is 0 Å². The van der Waals surface area contributed by atoms with Crippen molar-refractivity contribution in [3.8, 4) is 0 Å². The molecule has 1 aromatic heterocycles. The van der Waals surface area contributed by atoms with Crippen LogP contribution < -0.4 is 5.32 Å². The first-order chi connectivity index (χ1) is 13.2. The number of rotatable bonds is 5. The van der Waals surface area contributed by atoms with Crippen molar-refractivity contribution in [1.82, 2.24) is 15.2 Å². The molecule has 3 aromatic rings. The van der Waals surface area contributed by atoms with Crippen LogP contribution in [0.4, 0.5) is 4.39 Å². The van der Waals surface area contributed by atoms with E-state index in [-0.39, 0.29) is 17.1 Å². The lowest BCUT2D eigenvalue weighted by molar-refractivity contribution is 0.0945. The van der Waals surface area contributed by atoms with Crippen molar-refractivity contribution in [3.63, 3.8) is 0 Å². The van der Waals surface area contributed by atoms with Crippen molar-refractivity contribution in [3.05, 3.63) is 77.7 Å². The smallest absolute Gasteiger partial charge is 0.269 e. The van der Waals surface area contributed by atoms with Crippen LogP contribution in [-0.2, 0) is 0 Å². The van der Waals surface area contributed by atoms with Crippen molar-refractivity contribution >= 4 is 16.8 Å². The summed E-state index contributed by atoms with van der Waals surface area (Å²) >= 11 is 0. The number of benzene rings is 2. The molecule has 2 aromatic carbocycles. The summed E-state index contributed by atoms with van der Waals surface area (Å²) in [6.45, 7) is 3.41. The van der Waals surface area contributed by atoms with E-state index < -0.39 is 5.82 Å². The zero-order valence-corrected chi connectivity index (χ0v) is 15.1. The highest BCUT2D eigenvalue weighted by atomic mass is 19.1. The SMILES string of the molecule is O=C(NCCN1CCC(c2ccccc2)C1)c1ccc2cccc(F)c2n1. The Kier molecular flexibility index (Phi) is 5.12. The number of carbonyl (C=O) groups excluding carboxylic acids is 1. The van der Waals surface area contributed by atoms with E-state index in [1.165, 1.54) is 11.6 Å². The molecule has 0 radical (unpaired) electrons. The molecule has 1 amide bonds. The number of nitrogens with one attached hydrogen (secondary N) is 1. The third kappa shape index (κ3) is 3.98. The molecular weight excluding hydrogens is 341 g/mol. The van der Waals surface area contributed by atoms with E-state index >= 15 is 0 Å². The highest BCUT2D eigenvalue weighted by molar-refractivity contribution is 5.94. The predicted octanol–water partition coefficient (Wildman–Crippen LogP) is 3.59. The zero-order chi connectivity index (χ0) is 18.6. The minimum absolute atomic E-state index is 0.232. The number of amides is 1. The zero-order valence-electron chi connectivity index (χ0n) is 15.1. The van der Waals surface area contributed by atoms with Crippen molar-refractivity contribution < 1.29 is 9.18 Å². The summed E-state index contributed by atoms with van der Waals surface area (Å²) in [6, 6.07) is 18.7. The van der Waals surface area contributed by atoms with Gasteiger partial charge >= 0.3 is 0 Å². The molecule has 138 valence electrons. The van der Waals surface area contributed by atoms with E-state index in [4.69, 9.17) is 0 Å². The van der Waals surface area contributed by atoms with Gasteiger partial charge in [0.2, 0.25) is 0 Å². The molecule has 5 heteroatoms. The van der Waals surface area contributed by atoms with Crippen LogP contribution in [0.1, 0.15) is 28.4 Å². The van der Waals surface area contributed by atoms with Crippen molar-refractivity contribution in [1.29, 1.82) is 0 Å². The Morgan fingerprint density at radius 2 is 1.96 bits per heavy atom. The van der Waals surface area contributed by atoms with Crippen LogP contribution in [0.25, 0.3) is 10.9 Å². The largest absolute Gasteiger partial charge is 0.349 e. The molecule has 1 atom stereocenters.